The number of carboxylic acids is 1. The third-order valence-electron chi connectivity index (χ3n) is 3.29. The summed E-state index contributed by atoms with van der Waals surface area (Å²) in [6, 6.07) is 0. The molecule has 0 unspecified atom stereocenters. The van der Waals surface area contributed by atoms with E-state index in [0.717, 1.165) is 19.3 Å². The van der Waals surface area contributed by atoms with Crippen molar-refractivity contribution in [3.8, 4) is 0 Å². The van der Waals surface area contributed by atoms with Crippen LogP contribution in [0.2, 0.25) is 0 Å². The average Bonchev–Trinajstić information content (AvgIpc) is 2.03. The van der Waals surface area contributed by atoms with E-state index in [4.69, 9.17) is 5.11 Å². The maximum atomic E-state index is 11.2. The minimum absolute atomic E-state index is 0.603. The number of carbonyl (C=O) groups is 1. The summed E-state index contributed by atoms with van der Waals surface area (Å²) in [4.78, 5) is 11.2. The van der Waals surface area contributed by atoms with Gasteiger partial charge in [0.25, 0.3) is 0 Å². The van der Waals surface area contributed by atoms with Crippen LogP contribution in [0.25, 0.3) is 0 Å². The van der Waals surface area contributed by atoms with Crippen molar-refractivity contribution in [3.63, 3.8) is 0 Å². The second kappa shape index (κ2) is 3.29. The molecule has 0 aromatic carbocycles. The lowest BCUT2D eigenvalue weighted by Crippen LogP contribution is -2.50. The Balaban J connectivity index is 2.93. The molecule has 76 valence electrons. The highest BCUT2D eigenvalue weighted by Crippen LogP contribution is 2.44. The van der Waals surface area contributed by atoms with E-state index in [1.807, 2.05) is 0 Å². The Hall–Kier alpha value is -0.570. The van der Waals surface area contributed by atoms with Crippen molar-refractivity contribution < 1.29 is 15.0 Å². The molecule has 0 spiro atoms. The van der Waals surface area contributed by atoms with Gasteiger partial charge in [0, 0.05) is 0 Å². The molecule has 0 heterocycles. The molecule has 1 aliphatic carbocycles. The molecule has 13 heavy (non-hydrogen) atoms. The number of hydrogen-bond acceptors (Lipinski definition) is 2. The molecule has 1 fully saturated rings. The van der Waals surface area contributed by atoms with E-state index in [-0.39, 0.29) is 0 Å². The quantitative estimate of drug-likeness (QED) is 0.691. The highest BCUT2D eigenvalue weighted by molar-refractivity contribution is 5.76. The minimum atomic E-state index is -1.11. The molecule has 3 heteroatoms. The second-order valence-corrected chi connectivity index (χ2v) is 4.51. The van der Waals surface area contributed by atoms with Crippen LogP contribution in [0, 0.1) is 5.41 Å². The van der Waals surface area contributed by atoms with Crippen molar-refractivity contribution in [2.24, 2.45) is 5.41 Å². The summed E-state index contributed by atoms with van der Waals surface area (Å²) in [6.45, 7) is 3.21. The van der Waals surface area contributed by atoms with Crippen LogP contribution in [-0.2, 0) is 4.79 Å². The van der Waals surface area contributed by atoms with Gasteiger partial charge in [-0.2, -0.15) is 0 Å². The monoisotopic (exact) mass is 186 g/mol. The van der Waals surface area contributed by atoms with Gasteiger partial charge in [0.05, 0.1) is 11.0 Å². The first-order chi connectivity index (χ1) is 5.90. The average molecular weight is 186 g/mol. The van der Waals surface area contributed by atoms with Gasteiger partial charge in [-0.05, 0) is 26.7 Å². The van der Waals surface area contributed by atoms with Gasteiger partial charge in [0.15, 0.2) is 0 Å². The Kier molecular flexibility index (Phi) is 2.66. The number of aliphatic hydroxyl groups is 1. The molecule has 3 nitrogen and oxygen atoms in total. The number of carboxylic acid groups (broad SMARTS) is 1. The van der Waals surface area contributed by atoms with Crippen molar-refractivity contribution in [3.05, 3.63) is 0 Å². The van der Waals surface area contributed by atoms with Crippen LogP contribution >= 0.6 is 0 Å². The van der Waals surface area contributed by atoms with Crippen LogP contribution in [0.4, 0.5) is 0 Å². The second-order valence-electron chi connectivity index (χ2n) is 4.51. The standard InChI is InChI=1S/C10H18O3/c1-9(2,13)10(8(11)12)6-4-3-5-7-10/h13H,3-7H2,1-2H3,(H,11,12). The fraction of sp³-hybridized carbons (Fsp3) is 0.900. The number of rotatable bonds is 2. The van der Waals surface area contributed by atoms with Crippen molar-refractivity contribution in [1.29, 1.82) is 0 Å². The molecule has 0 saturated heterocycles. The van der Waals surface area contributed by atoms with Crippen molar-refractivity contribution in [2.45, 2.75) is 51.6 Å². The Morgan fingerprint density at radius 2 is 1.69 bits per heavy atom. The van der Waals surface area contributed by atoms with Crippen molar-refractivity contribution in [1.82, 2.24) is 0 Å². The molecule has 1 aliphatic rings. The van der Waals surface area contributed by atoms with Crippen LogP contribution < -0.4 is 0 Å². The fourth-order valence-electron chi connectivity index (χ4n) is 2.24. The predicted octanol–water partition coefficient (Wildman–Crippen LogP) is 1.79. The predicted molar refractivity (Wildman–Crippen MR) is 49.5 cm³/mol. The highest BCUT2D eigenvalue weighted by Gasteiger charge is 2.50. The zero-order chi connectivity index (χ0) is 10.1. The van der Waals surface area contributed by atoms with E-state index in [1.54, 1.807) is 13.8 Å². The number of hydrogen-bond donors (Lipinski definition) is 2. The van der Waals surface area contributed by atoms with Crippen LogP contribution in [-0.4, -0.2) is 21.8 Å². The van der Waals surface area contributed by atoms with E-state index in [0.29, 0.717) is 12.8 Å². The van der Waals surface area contributed by atoms with Crippen molar-refractivity contribution in [2.75, 3.05) is 0 Å². The zero-order valence-corrected chi connectivity index (χ0v) is 8.34. The Morgan fingerprint density at radius 3 is 1.92 bits per heavy atom. The summed E-state index contributed by atoms with van der Waals surface area (Å²) in [5, 5.41) is 19.0. The lowest BCUT2D eigenvalue weighted by molar-refractivity contribution is -0.170. The van der Waals surface area contributed by atoms with E-state index >= 15 is 0 Å². The van der Waals surface area contributed by atoms with Gasteiger partial charge in [-0.3, -0.25) is 4.79 Å². The first-order valence-corrected chi connectivity index (χ1v) is 4.86. The van der Waals surface area contributed by atoms with Gasteiger partial charge in [0.1, 0.15) is 0 Å². The van der Waals surface area contributed by atoms with E-state index < -0.39 is 17.0 Å². The summed E-state index contributed by atoms with van der Waals surface area (Å²) in [6.07, 6.45) is 4.12. The summed E-state index contributed by atoms with van der Waals surface area (Å²) >= 11 is 0. The lowest BCUT2D eigenvalue weighted by Gasteiger charge is -2.42. The zero-order valence-electron chi connectivity index (χ0n) is 8.34. The highest BCUT2D eigenvalue weighted by atomic mass is 16.4. The minimum Gasteiger partial charge on any atom is -0.481 e. The van der Waals surface area contributed by atoms with Gasteiger partial charge in [-0.1, -0.05) is 19.3 Å². The summed E-state index contributed by atoms with van der Waals surface area (Å²) in [7, 11) is 0. The van der Waals surface area contributed by atoms with E-state index in [9.17, 15) is 9.90 Å². The van der Waals surface area contributed by atoms with Crippen LogP contribution in [0.15, 0.2) is 0 Å². The molecule has 1 saturated carbocycles. The van der Waals surface area contributed by atoms with Gasteiger partial charge >= 0.3 is 5.97 Å². The first kappa shape index (κ1) is 10.5. The first-order valence-electron chi connectivity index (χ1n) is 4.86. The van der Waals surface area contributed by atoms with Crippen molar-refractivity contribution >= 4 is 5.97 Å². The summed E-state index contributed by atoms with van der Waals surface area (Å²) < 4.78 is 0. The molecule has 0 aliphatic heterocycles. The maximum absolute atomic E-state index is 11.2. The third kappa shape index (κ3) is 1.70. The lowest BCUT2D eigenvalue weighted by atomic mass is 9.64. The van der Waals surface area contributed by atoms with Gasteiger partial charge in [-0.25, -0.2) is 0 Å². The molecule has 0 amide bonds. The van der Waals surface area contributed by atoms with Gasteiger partial charge in [-0.15, -0.1) is 0 Å². The van der Waals surface area contributed by atoms with Crippen LogP contribution in [0.3, 0.4) is 0 Å². The maximum Gasteiger partial charge on any atom is 0.312 e. The third-order valence-corrected chi connectivity index (χ3v) is 3.29. The number of aliphatic carboxylic acids is 1. The fourth-order valence-corrected chi connectivity index (χ4v) is 2.24. The smallest absolute Gasteiger partial charge is 0.312 e. The molecular weight excluding hydrogens is 168 g/mol. The van der Waals surface area contributed by atoms with Gasteiger partial charge in [0.2, 0.25) is 0 Å². The van der Waals surface area contributed by atoms with E-state index in [1.165, 1.54) is 0 Å². The molecular formula is C10H18O3. The molecule has 0 atom stereocenters. The summed E-state index contributed by atoms with van der Waals surface area (Å²) in [5.74, 6) is -0.847. The summed E-state index contributed by atoms with van der Waals surface area (Å²) in [5.41, 5.74) is -2.02. The Labute approximate surface area is 78.8 Å². The van der Waals surface area contributed by atoms with Gasteiger partial charge < -0.3 is 10.2 Å². The largest absolute Gasteiger partial charge is 0.481 e. The topological polar surface area (TPSA) is 57.5 Å². The SMILES string of the molecule is CC(C)(O)C1(C(=O)O)CCCCC1. The molecule has 0 aromatic rings. The molecule has 0 radical (unpaired) electrons. The Bertz CT molecular complexity index is 197. The molecule has 0 aromatic heterocycles. The van der Waals surface area contributed by atoms with E-state index in [2.05, 4.69) is 0 Å². The molecule has 0 bridgehead atoms. The normalized spacial score (nSPS) is 22.7. The Morgan fingerprint density at radius 1 is 1.23 bits per heavy atom. The van der Waals surface area contributed by atoms with Crippen LogP contribution in [0.1, 0.15) is 46.0 Å². The van der Waals surface area contributed by atoms with Crippen LogP contribution in [0.5, 0.6) is 0 Å². The molecule has 2 N–H and O–H groups in total. The molecule has 1 rings (SSSR count).